The molecule has 1 nitrogen and oxygen atoms in total. The number of hydrogen-bond acceptors (Lipinski definition) is 1. The Hall–Kier alpha value is -4.72. The Labute approximate surface area is 249 Å². The summed E-state index contributed by atoms with van der Waals surface area (Å²) in [6, 6.07) is 60.3. The predicted octanol–water partition coefficient (Wildman–Crippen LogP) is 9.77. The molecule has 6 aromatic rings. The van der Waals surface area contributed by atoms with Gasteiger partial charge in [-0.25, -0.2) is 0 Å². The zero-order valence-corrected chi connectivity index (χ0v) is 23.8. The third-order valence-corrected chi connectivity index (χ3v) is 8.86. The Kier molecular flexibility index (Phi) is 7.26. The number of rotatable bonds is 7. The summed E-state index contributed by atoms with van der Waals surface area (Å²) in [4.78, 5) is 0. The summed E-state index contributed by atoms with van der Waals surface area (Å²) < 4.78 is 0. The van der Waals surface area contributed by atoms with Crippen LogP contribution < -0.4 is 5.32 Å². The highest BCUT2D eigenvalue weighted by molar-refractivity contribution is 5.71. The van der Waals surface area contributed by atoms with Gasteiger partial charge in [0.25, 0.3) is 0 Å². The van der Waals surface area contributed by atoms with Crippen LogP contribution in [0.4, 0.5) is 0 Å². The van der Waals surface area contributed by atoms with Crippen LogP contribution in [0.1, 0.15) is 29.5 Å². The van der Waals surface area contributed by atoms with E-state index in [1.807, 2.05) is 0 Å². The lowest BCUT2D eigenvalue weighted by Crippen LogP contribution is -2.47. The topological polar surface area (TPSA) is 12.0 Å². The second-order valence-corrected chi connectivity index (χ2v) is 11.3. The Morgan fingerprint density at radius 3 is 1.10 bits per heavy atom. The van der Waals surface area contributed by atoms with Crippen LogP contribution in [-0.2, 0) is 5.41 Å². The fourth-order valence-electron chi connectivity index (χ4n) is 6.88. The molecule has 0 saturated carbocycles. The lowest BCUT2D eigenvalue weighted by molar-refractivity contribution is 0.436. The smallest absolute Gasteiger partial charge is 0.0604 e. The lowest BCUT2D eigenvalue weighted by atomic mass is 9.63. The van der Waals surface area contributed by atoms with Crippen molar-refractivity contribution in [2.45, 2.75) is 24.3 Å². The van der Waals surface area contributed by atoms with Crippen molar-refractivity contribution in [3.05, 3.63) is 180 Å². The van der Waals surface area contributed by atoms with E-state index in [4.69, 9.17) is 0 Å². The largest absolute Gasteiger partial charge is 0.312 e. The summed E-state index contributed by atoms with van der Waals surface area (Å²) in [6.45, 7) is 1.03. The molecule has 1 aliphatic rings. The molecule has 1 atom stereocenters. The molecule has 0 bridgehead atoms. The van der Waals surface area contributed by atoms with Crippen LogP contribution >= 0.6 is 0 Å². The molecule has 1 heterocycles. The standard InChI is InChI=1S/C41H35N/c1-4-14-31(15-5-1)34-20-10-23-37(28-34)41(40-26-13-27-42-40,38-24-11-21-35(29-38)32-16-6-2-7-17-32)39-25-12-22-36(30-39)33-18-8-3-9-19-33/h1-12,14-25,28-30,40,42H,13,26-27H2. The summed E-state index contributed by atoms with van der Waals surface area (Å²) in [5.41, 5.74) is 11.0. The SMILES string of the molecule is c1ccc(-c2cccc(C(c3cccc(-c4ccccc4)c3)(c3cccc(-c4ccccc4)c3)C3CCCN3)c2)cc1. The molecule has 0 aliphatic carbocycles. The van der Waals surface area contributed by atoms with E-state index < -0.39 is 5.41 Å². The van der Waals surface area contributed by atoms with Gasteiger partial charge in [-0.1, -0.05) is 146 Å². The minimum Gasteiger partial charge on any atom is -0.312 e. The monoisotopic (exact) mass is 541 g/mol. The normalized spacial score (nSPS) is 15.0. The second kappa shape index (κ2) is 11.6. The van der Waals surface area contributed by atoms with Crippen molar-refractivity contribution in [2.75, 3.05) is 6.54 Å². The van der Waals surface area contributed by atoms with Gasteiger partial charge in [0.05, 0.1) is 5.41 Å². The molecular formula is C41H35N. The second-order valence-electron chi connectivity index (χ2n) is 11.3. The maximum absolute atomic E-state index is 3.97. The van der Waals surface area contributed by atoms with Crippen molar-refractivity contribution in [3.63, 3.8) is 0 Å². The van der Waals surface area contributed by atoms with Gasteiger partial charge in [0.15, 0.2) is 0 Å². The first-order valence-electron chi connectivity index (χ1n) is 15.0. The summed E-state index contributed by atoms with van der Waals surface area (Å²) in [6.07, 6.45) is 2.28. The average molecular weight is 542 g/mol. The van der Waals surface area contributed by atoms with Gasteiger partial charge >= 0.3 is 0 Å². The molecule has 1 aliphatic heterocycles. The van der Waals surface area contributed by atoms with Gasteiger partial charge in [0.1, 0.15) is 0 Å². The highest BCUT2D eigenvalue weighted by Gasteiger charge is 2.45. The van der Waals surface area contributed by atoms with E-state index in [-0.39, 0.29) is 6.04 Å². The molecule has 1 heteroatoms. The number of nitrogens with one attached hydrogen (secondary N) is 1. The van der Waals surface area contributed by atoms with E-state index in [1.165, 1.54) is 56.5 Å². The lowest BCUT2D eigenvalue weighted by Gasteiger charge is -2.42. The average Bonchev–Trinajstić information content (AvgIpc) is 3.62. The van der Waals surface area contributed by atoms with Crippen molar-refractivity contribution in [1.82, 2.24) is 5.32 Å². The van der Waals surface area contributed by atoms with Crippen LogP contribution in [-0.4, -0.2) is 12.6 Å². The van der Waals surface area contributed by atoms with Gasteiger partial charge in [0, 0.05) is 6.04 Å². The highest BCUT2D eigenvalue weighted by Crippen LogP contribution is 2.47. The fraction of sp³-hybridized carbons (Fsp3) is 0.122. The van der Waals surface area contributed by atoms with Crippen molar-refractivity contribution < 1.29 is 0 Å². The Bertz CT molecular complexity index is 1570. The minimum absolute atomic E-state index is 0.251. The van der Waals surface area contributed by atoms with Gasteiger partial charge in [-0.15, -0.1) is 0 Å². The Morgan fingerprint density at radius 2 is 0.762 bits per heavy atom. The van der Waals surface area contributed by atoms with E-state index in [9.17, 15) is 0 Å². The molecule has 0 radical (unpaired) electrons. The first-order valence-corrected chi connectivity index (χ1v) is 15.0. The summed E-state index contributed by atoms with van der Waals surface area (Å²) in [5.74, 6) is 0. The van der Waals surface area contributed by atoms with Gasteiger partial charge in [0.2, 0.25) is 0 Å². The van der Waals surface area contributed by atoms with Crippen LogP contribution in [0.5, 0.6) is 0 Å². The molecule has 204 valence electrons. The molecule has 6 aromatic carbocycles. The fourth-order valence-corrected chi connectivity index (χ4v) is 6.88. The number of benzene rings is 6. The van der Waals surface area contributed by atoms with Crippen LogP contribution in [0, 0.1) is 0 Å². The maximum atomic E-state index is 3.97. The first-order chi connectivity index (χ1) is 20.8. The minimum atomic E-state index is -0.392. The highest BCUT2D eigenvalue weighted by atomic mass is 15.0. The van der Waals surface area contributed by atoms with E-state index >= 15 is 0 Å². The van der Waals surface area contributed by atoms with Crippen molar-refractivity contribution in [1.29, 1.82) is 0 Å². The molecule has 0 amide bonds. The molecule has 0 aromatic heterocycles. The zero-order valence-electron chi connectivity index (χ0n) is 23.8. The van der Waals surface area contributed by atoms with Gasteiger partial charge in [-0.05, 0) is 87.7 Å². The van der Waals surface area contributed by atoms with Gasteiger partial charge < -0.3 is 5.32 Å². The Morgan fingerprint density at radius 1 is 0.405 bits per heavy atom. The van der Waals surface area contributed by atoms with Crippen molar-refractivity contribution >= 4 is 0 Å². The molecule has 1 unspecified atom stereocenters. The molecule has 1 N–H and O–H groups in total. The third kappa shape index (κ3) is 4.87. The first kappa shape index (κ1) is 26.2. The molecular weight excluding hydrogens is 506 g/mol. The number of hydrogen-bond donors (Lipinski definition) is 1. The van der Waals surface area contributed by atoms with Crippen LogP contribution in [0.3, 0.4) is 0 Å². The predicted molar refractivity (Wildman–Crippen MR) is 177 cm³/mol. The molecule has 0 spiro atoms. The quantitative estimate of drug-likeness (QED) is 0.198. The molecule has 42 heavy (non-hydrogen) atoms. The third-order valence-electron chi connectivity index (χ3n) is 8.86. The van der Waals surface area contributed by atoms with E-state index in [2.05, 4.69) is 169 Å². The van der Waals surface area contributed by atoms with Crippen LogP contribution in [0.25, 0.3) is 33.4 Å². The summed E-state index contributed by atoms with van der Waals surface area (Å²) in [5, 5.41) is 3.97. The Balaban J connectivity index is 1.51. The van der Waals surface area contributed by atoms with Crippen LogP contribution in [0.15, 0.2) is 164 Å². The summed E-state index contributed by atoms with van der Waals surface area (Å²) >= 11 is 0. The van der Waals surface area contributed by atoms with E-state index in [1.54, 1.807) is 0 Å². The van der Waals surface area contributed by atoms with Crippen molar-refractivity contribution in [3.8, 4) is 33.4 Å². The van der Waals surface area contributed by atoms with Crippen molar-refractivity contribution in [2.24, 2.45) is 0 Å². The van der Waals surface area contributed by atoms with Crippen LogP contribution in [0.2, 0.25) is 0 Å². The summed E-state index contributed by atoms with van der Waals surface area (Å²) in [7, 11) is 0. The maximum Gasteiger partial charge on any atom is 0.0604 e. The molecule has 1 saturated heterocycles. The van der Waals surface area contributed by atoms with E-state index in [0.717, 1.165) is 13.0 Å². The zero-order chi connectivity index (χ0) is 28.2. The van der Waals surface area contributed by atoms with Gasteiger partial charge in [-0.2, -0.15) is 0 Å². The van der Waals surface area contributed by atoms with E-state index in [0.29, 0.717) is 0 Å². The molecule has 7 rings (SSSR count). The molecule has 1 fully saturated rings. The van der Waals surface area contributed by atoms with Gasteiger partial charge in [-0.3, -0.25) is 0 Å².